The summed E-state index contributed by atoms with van der Waals surface area (Å²) < 4.78 is 27.3. The molecule has 1 aromatic rings. The summed E-state index contributed by atoms with van der Waals surface area (Å²) >= 11 is 0. The largest absolute Gasteiger partial charge is 0.340 e. The molecule has 6 nitrogen and oxygen atoms in total. The Kier molecular flexibility index (Phi) is 5.99. The zero-order valence-corrected chi connectivity index (χ0v) is 16.5. The van der Waals surface area contributed by atoms with Gasteiger partial charge in [0.15, 0.2) is 0 Å². The summed E-state index contributed by atoms with van der Waals surface area (Å²) in [5.41, 5.74) is 1.03. The first-order valence-corrected chi connectivity index (χ1v) is 10.9. The minimum Gasteiger partial charge on any atom is -0.340 e. The van der Waals surface area contributed by atoms with Gasteiger partial charge in [-0.15, -0.1) is 0 Å². The molecular formula is C19H29N3O3S. The molecule has 1 atom stereocenters. The Morgan fingerprint density at radius 1 is 1.08 bits per heavy atom. The number of aryl methyl sites for hydroxylation is 1. The lowest BCUT2D eigenvalue weighted by molar-refractivity contribution is -0.138. The van der Waals surface area contributed by atoms with Gasteiger partial charge in [0.05, 0.1) is 10.8 Å². The zero-order chi connectivity index (χ0) is 18.7. The van der Waals surface area contributed by atoms with Gasteiger partial charge in [0.25, 0.3) is 0 Å². The van der Waals surface area contributed by atoms with Crippen LogP contribution in [0.25, 0.3) is 0 Å². The van der Waals surface area contributed by atoms with Crippen molar-refractivity contribution >= 4 is 15.9 Å². The number of sulfonamides is 1. The topological polar surface area (TPSA) is 60.9 Å². The van der Waals surface area contributed by atoms with E-state index in [1.807, 2.05) is 24.0 Å². The summed E-state index contributed by atoms with van der Waals surface area (Å²) in [4.78, 5) is 17.4. The van der Waals surface area contributed by atoms with Crippen LogP contribution in [0.2, 0.25) is 0 Å². The van der Waals surface area contributed by atoms with Crippen LogP contribution in [0, 0.1) is 12.8 Å². The van der Waals surface area contributed by atoms with Crippen LogP contribution in [0.15, 0.2) is 29.2 Å². The quantitative estimate of drug-likeness (QED) is 0.797. The number of piperazine rings is 1. The van der Waals surface area contributed by atoms with Crippen LogP contribution >= 0.6 is 0 Å². The molecule has 0 aromatic heterocycles. The van der Waals surface area contributed by atoms with Crippen molar-refractivity contribution in [1.82, 2.24) is 14.1 Å². The summed E-state index contributed by atoms with van der Waals surface area (Å²) in [5, 5.41) is 0. The third-order valence-corrected chi connectivity index (χ3v) is 7.40. The molecule has 0 spiro atoms. The van der Waals surface area contributed by atoms with Crippen molar-refractivity contribution in [2.24, 2.45) is 5.92 Å². The maximum absolute atomic E-state index is 12.9. The van der Waals surface area contributed by atoms with Crippen molar-refractivity contribution in [3.05, 3.63) is 29.8 Å². The Morgan fingerprint density at radius 2 is 1.73 bits per heavy atom. The zero-order valence-electron chi connectivity index (χ0n) is 15.7. The van der Waals surface area contributed by atoms with Crippen molar-refractivity contribution in [2.75, 3.05) is 45.8 Å². The summed E-state index contributed by atoms with van der Waals surface area (Å²) in [6, 6.07) is 6.93. The number of benzene rings is 1. The summed E-state index contributed by atoms with van der Waals surface area (Å²) in [6.45, 7) is 9.15. The highest BCUT2D eigenvalue weighted by Crippen LogP contribution is 2.25. The predicted octanol–water partition coefficient (Wildman–Crippen LogP) is 1.56. The molecule has 0 aliphatic carbocycles. The Morgan fingerprint density at radius 3 is 2.35 bits per heavy atom. The molecule has 3 rings (SSSR count). The molecule has 2 aliphatic heterocycles. The lowest BCUT2D eigenvalue weighted by Crippen LogP contribution is -2.52. The fourth-order valence-corrected chi connectivity index (χ4v) is 5.29. The normalized spacial score (nSPS) is 23.2. The maximum atomic E-state index is 12.9. The Hall–Kier alpha value is -1.44. The number of carbonyl (C=O) groups excluding carboxylic acids is 1. The predicted molar refractivity (Wildman–Crippen MR) is 101 cm³/mol. The van der Waals surface area contributed by atoms with E-state index in [2.05, 4.69) is 11.8 Å². The van der Waals surface area contributed by atoms with Gasteiger partial charge in [0.1, 0.15) is 0 Å². The summed E-state index contributed by atoms with van der Waals surface area (Å²) in [7, 11) is -3.53. The average Bonchev–Trinajstić information content (AvgIpc) is 2.68. The van der Waals surface area contributed by atoms with Gasteiger partial charge in [0, 0.05) is 39.3 Å². The second-order valence-corrected chi connectivity index (χ2v) is 9.21. The van der Waals surface area contributed by atoms with E-state index in [1.165, 1.54) is 4.31 Å². The molecule has 2 saturated heterocycles. The molecule has 0 N–H and O–H groups in total. The number of amides is 1. The number of rotatable bonds is 4. The number of nitrogens with zero attached hydrogens (tertiary/aromatic N) is 3. The molecule has 2 fully saturated rings. The van der Waals surface area contributed by atoms with Crippen LogP contribution in [-0.2, 0) is 14.8 Å². The summed E-state index contributed by atoms with van der Waals surface area (Å²) in [5.74, 6) is -0.110. The van der Waals surface area contributed by atoms with E-state index in [-0.39, 0.29) is 11.8 Å². The first-order valence-electron chi connectivity index (χ1n) is 9.50. The smallest absolute Gasteiger partial charge is 0.243 e. The second kappa shape index (κ2) is 8.06. The first-order chi connectivity index (χ1) is 12.4. The second-order valence-electron chi connectivity index (χ2n) is 7.27. The Labute approximate surface area is 156 Å². The number of hydrogen-bond donors (Lipinski definition) is 0. The first kappa shape index (κ1) is 19.3. The molecule has 26 heavy (non-hydrogen) atoms. The Balaban J connectivity index is 1.67. The van der Waals surface area contributed by atoms with Crippen molar-refractivity contribution in [3.63, 3.8) is 0 Å². The van der Waals surface area contributed by atoms with Crippen LogP contribution in [0.3, 0.4) is 0 Å². The molecule has 2 aliphatic rings. The van der Waals surface area contributed by atoms with Crippen LogP contribution in [0.1, 0.15) is 25.3 Å². The van der Waals surface area contributed by atoms with E-state index in [9.17, 15) is 13.2 Å². The van der Waals surface area contributed by atoms with Crippen molar-refractivity contribution < 1.29 is 13.2 Å². The number of piperidine rings is 1. The van der Waals surface area contributed by atoms with E-state index in [1.54, 1.807) is 12.1 Å². The lowest BCUT2D eigenvalue weighted by atomic mass is 9.98. The number of hydrogen-bond acceptors (Lipinski definition) is 4. The van der Waals surface area contributed by atoms with Gasteiger partial charge < -0.3 is 9.80 Å². The number of likely N-dealkylation sites (N-methyl/N-ethyl adjacent to an activating group) is 1. The molecule has 0 radical (unpaired) electrons. The van der Waals surface area contributed by atoms with Gasteiger partial charge in [-0.3, -0.25) is 4.79 Å². The fourth-order valence-electron chi connectivity index (χ4n) is 3.76. The highest BCUT2D eigenvalue weighted by atomic mass is 32.2. The van der Waals surface area contributed by atoms with Gasteiger partial charge in [-0.05, 0) is 38.4 Å². The molecule has 144 valence electrons. The van der Waals surface area contributed by atoms with Crippen molar-refractivity contribution in [1.29, 1.82) is 0 Å². The minimum atomic E-state index is -3.53. The average molecular weight is 380 g/mol. The molecular weight excluding hydrogens is 350 g/mol. The van der Waals surface area contributed by atoms with Gasteiger partial charge in [-0.2, -0.15) is 4.31 Å². The van der Waals surface area contributed by atoms with E-state index in [0.717, 1.165) is 51.1 Å². The highest BCUT2D eigenvalue weighted by Gasteiger charge is 2.35. The molecule has 1 unspecified atom stereocenters. The van der Waals surface area contributed by atoms with Crippen LogP contribution in [0.5, 0.6) is 0 Å². The van der Waals surface area contributed by atoms with Gasteiger partial charge >= 0.3 is 0 Å². The fraction of sp³-hybridized carbons (Fsp3) is 0.632. The monoisotopic (exact) mass is 379 g/mol. The molecule has 7 heteroatoms. The molecule has 1 amide bonds. The third kappa shape index (κ3) is 4.10. The van der Waals surface area contributed by atoms with Crippen LogP contribution in [0.4, 0.5) is 0 Å². The molecule has 0 saturated carbocycles. The van der Waals surface area contributed by atoms with E-state index >= 15 is 0 Å². The molecule has 1 aromatic carbocycles. The minimum absolute atomic E-state index is 0.115. The van der Waals surface area contributed by atoms with Gasteiger partial charge in [-0.1, -0.05) is 24.6 Å². The number of carbonyl (C=O) groups is 1. The Bertz CT molecular complexity index is 725. The van der Waals surface area contributed by atoms with Gasteiger partial charge in [-0.25, -0.2) is 8.42 Å². The van der Waals surface area contributed by atoms with Crippen molar-refractivity contribution in [2.45, 2.75) is 31.6 Å². The van der Waals surface area contributed by atoms with Crippen LogP contribution < -0.4 is 0 Å². The van der Waals surface area contributed by atoms with Gasteiger partial charge in [0.2, 0.25) is 15.9 Å². The standard InChI is InChI=1S/C19H29N3O3S/c1-3-20-11-13-21(14-12-20)19(23)17-5-4-10-22(15-17)26(24,25)18-8-6-16(2)7-9-18/h6-9,17H,3-5,10-15H2,1-2H3. The van der Waals surface area contributed by atoms with Crippen LogP contribution in [-0.4, -0.2) is 74.2 Å². The molecule has 2 heterocycles. The van der Waals surface area contributed by atoms with Crippen molar-refractivity contribution in [3.8, 4) is 0 Å². The highest BCUT2D eigenvalue weighted by molar-refractivity contribution is 7.89. The van der Waals surface area contributed by atoms with E-state index in [4.69, 9.17) is 0 Å². The van der Waals surface area contributed by atoms with E-state index < -0.39 is 10.0 Å². The SMILES string of the molecule is CCN1CCN(C(=O)C2CCCN(S(=O)(=O)c3ccc(C)cc3)C2)CC1. The lowest BCUT2D eigenvalue weighted by Gasteiger charge is -2.38. The summed E-state index contributed by atoms with van der Waals surface area (Å²) in [6.07, 6.45) is 1.50. The van der Waals surface area contributed by atoms with E-state index in [0.29, 0.717) is 18.0 Å². The third-order valence-electron chi connectivity index (χ3n) is 5.52. The molecule has 0 bridgehead atoms. The maximum Gasteiger partial charge on any atom is 0.243 e.